The first kappa shape index (κ1) is 23.9. The number of aldehydes is 1. The number of alkyl halides is 3. The molecule has 0 saturated carbocycles. The third-order valence-electron chi connectivity index (χ3n) is 3.50. The molecule has 5 nitrogen and oxygen atoms in total. The number of hydrogen-bond acceptors (Lipinski definition) is 8. The number of halogens is 3. The van der Waals surface area contributed by atoms with Gasteiger partial charge in [-0.3, -0.25) is 0 Å². The maximum atomic E-state index is 11.9. The summed E-state index contributed by atoms with van der Waals surface area (Å²) in [7, 11) is 1.85. The normalized spacial score (nSPS) is 10.7. The number of anilines is 1. The maximum absolute atomic E-state index is 11.9. The first-order valence-electron chi connectivity index (χ1n) is 8.51. The molecule has 0 unspecified atom stereocenters. The number of benzene rings is 1. The highest BCUT2D eigenvalue weighted by atomic mass is 32.2. The molecule has 0 aliphatic heterocycles. The van der Waals surface area contributed by atoms with Gasteiger partial charge in [-0.25, -0.2) is 9.97 Å². The predicted octanol–water partition coefficient (Wildman–Crippen LogP) is 5.72. The van der Waals surface area contributed by atoms with Crippen LogP contribution in [-0.2, 0) is 17.6 Å². The van der Waals surface area contributed by atoms with Crippen LogP contribution in [0.5, 0.6) is 0 Å². The summed E-state index contributed by atoms with van der Waals surface area (Å²) in [6.45, 7) is 1.95. The van der Waals surface area contributed by atoms with Gasteiger partial charge in [0, 0.05) is 23.7 Å². The van der Waals surface area contributed by atoms with Gasteiger partial charge in [-0.05, 0) is 36.4 Å². The van der Waals surface area contributed by atoms with Crippen molar-refractivity contribution in [3.8, 4) is 16.6 Å². The average Bonchev–Trinajstić information content (AvgIpc) is 3.29. The van der Waals surface area contributed by atoms with Crippen LogP contribution in [0.25, 0.3) is 10.6 Å². The molecule has 0 saturated heterocycles. The molecule has 3 aromatic rings. The third kappa shape index (κ3) is 7.44. The van der Waals surface area contributed by atoms with Crippen molar-refractivity contribution >= 4 is 45.9 Å². The molecule has 158 valence electrons. The minimum absolute atomic E-state index is 0.132. The van der Waals surface area contributed by atoms with Crippen molar-refractivity contribution in [2.24, 2.45) is 0 Å². The molecule has 0 fully saturated rings. The molecule has 30 heavy (non-hydrogen) atoms. The van der Waals surface area contributed by atoms with Crippen LogP contribution in [0, 0.1) is 18.3 Å². The fourth-order valence-electron chi connectivity index (χ4n) is 2.25. The summed E-state index contributed by atoms with van der Waals surface area (Å²) in [5, 5.41) is 15.4. The minimum atomic E-state index is -4.26. The van der Waals surface area contributed by atoms with Crippen LogP contribution in [0.1, 0.15) is 16.3 Å². The molecule has 0 aliphatic carbocycles. The summed E-state index contributed by atoms with van der Waals surface area (Å²) in [5.41, 5.74) is -1.66. The highest BCUT2D eigenvalue weighted by Gasteiger charge is 2.28. The van der Waals surface area contributed by atoms with Crippen LogP contribution in [-0.4, -0.2) is 28.8 Å². The molecule has 0 atom stereocenters. The standard InChI is InChI=1S/C10H10N4S2.C9H7F3OS/c1-6-9(16-8(13-6)3-4-11)7-5-15-10(12-2)14-7;10-9(11,12)14-8-3-1-7(2-4-8)5-6-13/h5H,3H2,1-2H3,(H,12,14);1-4,6H,5H2. The number of rotatable bonds is 6. The topological polar surface area (TPSA) is 78.7 Å². The Kier molecular flexibility index (Phi) is 8.83. The number of aromatic nitrogens is 2. The zero-order valence-electron chi connectivity index (χ0n) is 16.0. The summed E-state index contributed by atoms with van der Waals surface area (Å²) in [4.78, 5) is 20.1. The van der Waals surface area contributed by atoms with E-state index in [1.165, 1.54) is 24.3 Å². The lowest BCUT2D eigenvalue weighted by Gasteiger charge is -2.05. The van der Waals surface area contributed by atoms with E-state index in [0.717, 1.165) is 26.4 Å². The van der Waals surface area contributed by atoms with E-state index >= 15 is 0 Å². The Morgan fingerprint density at radius 3 is 2.50 bits per heavy atom. The van der Waals surface area contributed by atoms with Crippen molar-refractivity contribution in [2.75, 3.05) is 12.4 Å². The van der Waals surface area contributed by atoms with Crippen molar-refractivity contribution in [3.05, 3.63) is 45.9 Å². The van der Waals surface area contributed by atoms with Crippen molar-refractivity contribution < 1.29 is 18.0 Å². The molecule has 2 aromatic heterocycles. The first-order valence-corrected chi connectivity index (χ1v) is 11.0. The molecule has 0 radical (unpaired) electrons. The Labute approximate surface area is 184 Å². The van der Waals surface area contributed by atoms with Gasteiger partial charge in [-0.2, -0.15) is 18.4 Å². The number of nitrogens with one attached hydrogen (secondary N) is 1. The largest absolute Gasteiger partial charge is 0.446 e. The Hall–Kier alpha value is -2.42. The number of thioether (sulfide) groups is 1. The molecule has 0 bridgehead atoms. The molecule has 3 rings (SSSR count). The van der Waals surface area contributed by atoms with Gasteiger partial charge in [0.25, 0.3) is 0 Å². The number of carbonyl (C=O) groups excluding carboxylic acids is 1. The quantitative estimate of drug-likeness (QED) is 0.367. The summed E-state index contributed by atoms with van der Waals surface area (Å²) >= 11 is 2.95. The van der Waals surface area contributed by atoms with Crippen molar-refractivity contribution in [3.63, 3.8) is 0 Å². The smallest absolute Gasteiger partial charge is 0.365 e. The fraction of sp³-hybridized carbons (Fsp3) is 0.263. The van der Waals surface area contributed by atoms with E-state index in [1.807, 2.05) is 19.4 Å². The molecule has 11 heteroatoms. The van der Waals surface area contributed by atoms with Crippen LogP contribution in [0.15, 0.2) is 34.5 Å². The van der Waals surface area contributed by atoms with Crippen molar-refractivity contribution in [1.29, 1.82) is 5.26 Å². The molecule has 0 amide bonds. The second-order valence-electron chi connectivity index (χ2n) is 5.71. The van der Waals surface area contributed by atoms with Crippen molar-refractivity contribution in [1.82, 2.24) is 9.97 Å². The zero-order valence-corrected chi connectivity index (χ0v) is 18.4. The number of carbonyl (C=O) groups is 1. The minimum Gasteiger partial charge on any atom is -0.365 e. The summed E-state index contributed by atoms with van der Waals surface area (Å²) in [6.07, 6.45) is 1.32. The van der Waals surface area contributed by atoms with E-state index in [4.69, 9.17) is 5.26 Å². The average molecular weight is 471 g/mol. The Morgan fingerprint density at radius 1 is 1.27 bits per heavy atom. The summed E-state index contributed by atoms with van der Waals surface area (Å²) in [5.74, 6) is 0. The first-order chi connectivity index (χ1) is 14.3. The Morgan fingerprint density at radius 2 is 1.97 bits per heavy atom. The third-order valence-corrected chi connectivity index (χ3v) is 6.28. The number of hydrogen-bond donors (Lipinski definition) is 1. The van der Waals surface area contributed by atoms with Gasteiger partial charge in [-0.15, -0.1) is 22.7 Å². The van der Waals surface area contributed by atoms with E-state index < -0.39 is 5.51 Å². The van der Waals surface area contributed by atoms with Gasteiger partial charge in [0.2, 0.25) is 0 Å². The fourth-order valence-corrected chi connectivity index (χ4v) is 4.48. The lowest BCUT2D eigenvalue weighted by atomic mass is 10.2. The molecule has 2 heterocycles. The van der Waals surface area contributed by atoms with Gasteiger partial charge in [0.1, 0.15) is 11.3 Å². The lowest BCUT2D eigenvalue weighted by molar-refractivity contribution is -0.107. The van der Waals surface area contributed by atoms with E-state index in [1.54, 1.807) is 22.7 Å². The number of nitrogens with zero attached hydrogens (tertiary/aromatic N) is 3. The molecule has 0 aliphatic rings. The van der Waals surface area contributed by atoms with Gasteiger partial charge in [-0.1, -0.05) is 12.1 Å². The van der Waals surface area contributed by atoms with Gasteiger partial charge >= 0.3 is 5.51 Å². The number of aryl methyl sites for hydroxylation is 1. The molecular weight excluding hydrogens is 453 g/mol. The molecular formula is C19H17F3N4OS3. The monoisotopic (exact) mass is 470 g/mol. The van der Waals surface area contributed by atoms with Crippen LogP contribution >= 0.6 is 34.4 Å². The number of thiazole rings is 2. The van der Waals surface area contributed by atoms with E-state index in [2.05, 4.69) is 21.4 Å². The van der Waals surface area contributed by atoms with Crippen LogP contribution in [0.3, 0.4) is 0 Å². The predicted molar refractivity (Wildman–Crippen MR) is 115 cm³/mol. The van der Waals surface area contributed by atoms with Crippen LogP contribution in [0.2, 0.25) is 0 Å². The maximum Gasteiger partial charge on any atom is 0.446 e. The second kappa shape index (κ2) is 11.1. The van der Waals surface area contributed by atoms with E-state index in [0.29, 0.717) is 18.3 Å². The highest BCUT2D eigenvalue weighted by molar-refractivity contribution is 8.00. The molecule has 1 N–H and O–H groups in total. The Balaban J connectivity index is 0.000000216. The summed E-state index contributed by atoms with van der Waals surface area (Å²) < 4.78 is 35.7. The van der Waals surface area contributed by atoms with Gasteiger partial charge in [0.05, 0.1) is 28.8 Å². The lowest BCUT2D eigenvalue weighted by Crippen LogP contribution is -1.98. The van der Waals surface area contributed by atoms with Gasteiger partial charge < -0.3 is 10.1 Å². The van der Waals surface area contributed by atoms with Gasteiger partial charge in [0.15, 0.2) is 5.13 Å². The van der Waals surface area contributed by atoms with E-state index in [-0.39, 0.29) is 23.1 Å². The zero-order chi connectivity index (χ0) is 22.1. The number of nitriles is 1. The van der Waals surface area contributed by atoms with Crippen molar-refractivity contribution in [2.45, 2.75) is 30.2 Å². The Bertz CT molecular complexity index is 1010. The molecule has 0 spiro atoms. The van der Waals surface area contributed by atoms with Crippen LogP contribution < -0.4 is 5.32 Å². The highest BCUT2D eigenvalue weighted by Crippen LogP contribution is 2.36. The SMILES string of the molecule is CNc1nc(-c2sc(CC#N)nc2C)cs1.O=CCc1ccc(SC(F)(F)F)cc1. The van der Waals surface area contributed by atoms with E-state index in [9.17, 15) is 18.0 Å². The second-order valence-corrected chi connectivity index (χ2v) is 8.79. The van der Waals surface area contributed by atoms with Crippen LogP contribution in [0.4, 0.5) is 18.3 Å². The molecule has 1 aromatic carbocycles. The summed E-state index contributed by atoms with van der Waals surface area (Å²) in [6, 6.07) is 7.86.